The summed E-state index contributed by atoms with van der Waals surface area (Å²) >= 11 is 2.53. The molecule has 0 radical (unpaired) electrons. The number of hydrogen-bond acceptors (Lipinski definition) is 3. The van der Waals surface area contributed by atoms with Crippen LogP contribution in [0.5, 0.6) is 0 Å². The SMILES string of the molecule is O=C(O)c1c([N+](=O)[O-])ccc(Br)c1C(F)(F)F. The largest absolute Gasteiger partial charge is 0.477 e. The van der Waals surface area contributed by atoms with Crippen molar-refractivity contribution in [2.75, 3.05) is 0 Å². The van der Waals surface area contributed by atoms with E-state index < -0.39 is 38.4 Å². The number of nitro groups is 1. The highest BCUT2D eigenvalue weighted by Gasteiger charge is 2.41. The maximum absolute atomic E-state index is 12.6. The molecule has 0 amide bonds. The predicted molar refractivity (Wildman–Crippen MR) is 52.8 cm³/mol. The van der Waals surface area contributed by atoms with E-state index in [9.17, 15) is 28.1 Å². The Balaban J connectivity index is 3.73. The van der Waals surface area contributed by atoms with E-state index in [0.29, 0.717) is 6.07 Å². The van der Waals surface area contributed by atoms with Crippen molar-refractivity contribution < 1.29 is 28.0 Å². The van der Waals surface area contributed by atoms with Crippen LogP contribution in [0.15, 0.2) is 16.6 Å². The summed E-state index contributed by atoms with van der Waals surface area (Å²) in [5, 5.41) is 19.1. The number of carbonyl (C=O) groups is 1. The van der Waals surface area contributed by atoms with Gasteiger partial charge in [0.1, 0.15) is 0 Å². The number of hydrogen-bond donors (Lipinski definition) is 1. The van der Waals surface area contributed by atoms with E-state index in [2.05, 4.69) is 15.9 Å². The number of aromatic carboxylic acids is 1. The highest BCUT2D eigenvalue weighted by Crippen LogP contribution is 2.40. The molecule has 5 nitrogen and oxygen atoms in total. The average Bonchev–Trinajstić information content (AvgIpc) is 2.14. The van der Waals surface area contributed by atoms with Crippen LogP contribution in [0.1, 0.15) is 15.9 Å². The molecule has 0 unspecified atom stereocenters. The van der Waals surface area contributed by atoms with Crippen molar-refractivity contribution in [2.24, 2.45) is 0 Å². The summed E-state index contributed by atoms with van der Waals surface area (Å²) in [6, 6.07) is 1.48. The molecular weight excluding hydrogens is 311 g/mol. The van der Waals surface area contributed by atoms with Gasteiger partial charge in [0.25, 0.3) is 5.69 Å². The van der Waals surface area contributed by atoms with E-state index in [1.807, 2.05) is 0 Å². The molecular formula is C8H3BrF3NO4. The zero-order valence-electron chi connectivity index (χ0n) is 7.79. The molecule has 0 aromatic heterocycles. The lowest BCUT2D eigenvalue weighted by molar-refractivity contribution is -0.385. The lowest BCUT2D eigenvalue weighted by atomic mass is 10.1. The van der Waals surface area contributed by atoms with Gasteiger partial charge in [-0.25, -0.2) is 4.79 Å². The molecule has 1 rings (SSSR count). The molecule has 1 N–H and O–H groups in total. The molecule has 0 heterocycles. The first-order valence-electron chi connectivity index (χ1n) is 3.93. The fraction of sp³-hybridized carbons (Fsp3) is 0.125. The molecule has 17 heavy (non-hydrogen) atoms. The van der Waals surface area contributed by atoms with Gasteiger partial charge in [-0.05, 0) is 6.07 Å². The molecule has 0 aliphatic carbocycles. The van der Waals surface area contributed by atoms with E-state index >= 15 is 0 Å². The lowest BCUT2D eigenvalue weighted by Crippen LogP contribution is -2.16. The average molecular weight is 314 g/mol. The molecule has 0 aliphatic heterocycles. The second-order valence-corrected chi connectivity index (χ2v) is 3.73. The van der Waals surface area contributed by atoms with E-state index in [-0.39, 0.29) is 0 Å². The Hall–Kier alpha value is -1.64. The first-order chi connectivity index (χ1) is 7.66. The molecule has 1 aromatic carbocycles. The topological polar surface area (TPSA) is 80.4 Å². The van der Waals surface area contributed by atoms with Gasteiger partial charge in [0.2, 0.25) is 0 Å². The van der Waals surface area contributed by atoms with Gasteiger partial charge in [-0.3, -0.25) is 10.1 Å². The normalized spacial score (nSPS) is 11.3. The van der Waals surface area contributed by atoms with Crippen LogP contribution >= 0.6 is 15.9 Å². The van der Waals surface area contributed by atoms with Crippen molar-refractivity contribution in [2.45, 2.75) is 6.18 Å². The maximum atomic E-state index is 12.6. The fourth-order valence-electron chi connectivity index (χ4n) is 1.21. The Labute approximate surface area is 100 Å². The molecule has 0 saturated heterocycles. The summed E-state index contributed by atoms with van der Waals surface area (Å²) in [6.45, 7) is 0. The van der Waals surface area contributed by atoms with Crippen LogP contribution in [0, 0.1) is 10.1 Å². The Morgan fingerprint density at radius 1 is 1.41 bits per heavy atom. The number of nitro benzene ring substituents is 1. The van der Waals surface area contributed by atoms with Crippen LogP contribution in [0.4, 0.5) is 18.9 Å². The number of benzene rings is 1. The first kappa shape index (κ1) is 13.4. The highest BCUT2D eigenvalue weighted by molar-refractivity contribution is 9.10. The summed E-state index contributed by atoms with van der Waals surface area (Å²) in [5.41, 5.74) is -4.05. The number of alkyl halides is 3. The molecule has 0 fully saturated rings. The van der Waals surface area contributed by atoms with Gasteiger partial charge in [0.15, 0.2) is 5.56 Å². The van der Waals surface area contributed by atoms with Crippen molar-refractivity contribution in [3.8, 4) is 0 Å². The van der Waals surface area contributed by atoms with Crippen molar-refractivity contribution >= 4 is 27.6 Å². The van der Waals surface area contributed by atoms with E-state index in [1.165, 1.54) is 0 Å². The van der Waals surface area contributed by atoms with Gasteiger partial charge >= 0.3 is 12.1 Å². The van der Waals surface area contributed by atoms with E-state index in [4.69, 9.17) is 5.11 Å². The molecule has 0 saturated carbocycles. The van der Waals surface area contributed by atoms with Gasteiger partial charge in [-0.2, -0.15) is 13.2 Å². The molecule has 1 aromatic rings. The van der Waals surface area contributed by atoms with Crippen molar-refractivity contribution in [1.29, 1.82) is 0 Å². The maximum Gasteiger partial charge on any atom is 0.418 e. The van der Waals surface area contributed by atoms with Crippen molar-refractivity contribution in [3.05, 3.63) is 37.8 Å². The number of nitrogens with zero attached hydrogens (tertiary/aromatic N) is 1. The van der Waals surface area contributed by atoms with Crippen molar-refractivity contribution in [1.82, 2.24) is 0 Å². The molecule has 0 bridgehead atoms. The van der Waals surface area contributed by atoms with Crippen LogP contribution in [-0.4, -0.2) is 16.0 Å². The minimum Gasteiger partial charge on any atom is -0.477 e. The zero-order chi connectivity index (χ0) is 13.4. The quantitative estimate of drug-likeness (QED) is 0.672. The van der Waals surface area contributed by atoms with Crippen LogP contribution in [-0.2, 0) is 6.18 Å². The predicted octanol–water partition coefficient (Wildman–Crippen LogP) is 3.07. The van der Waals surface area contributed by atoms with E-state index in [1.54, 1.807) is 0 Å². The van der Waals surface area contributed by atoms with Crippen LogP contribution in [0.2, 0.25) is 0 Å². The number of halogens is 4. The Morgan fingerprint density at radius 2 is 1.94 bits per heavy atom. The number of carboxylic acid groups (broad SMARTS) is 1. The van der Waals surface area contributed by atoms with Crippen LogP contribution in [0.25, 0.3) is 0 Å². The molecule has 0 spiro atoms. The summed E-state index contributed by atoms with van der Waals surface area (Å²) < 4.78 is 37.2. The smallest absolute Gasteiger partial charge is 0.418 e. The van der Waals surface area contributed by atoms with E-state index in [0.717, 1.165) is 6.07 Å². The summed E-state index contributed by atoms with van der Waals surface area (Å²) in [5.74, 6) is -2.01. The standard InChI is InChI=1S/C8H3BrF3NO4/c9-3-1-2-4(13(16)17)5(7(14)15)6(3)8(10,11)12/h1-2H,(H,14,15). The second-order valence-electron chi connectivity index (χ2n) is 2.88. The van der Waals surface area contributed by atoms with Gasteiger partial charge in [-0.15, -0.1) is 0 Å². The van der Waals surface area contributed by atoms with Crippen molar-refractivity contribution in [3.63, 3.8) is 0 Å². The van der Waals surface area contributed by atoms with Crippen LogP contribution < -0.4 is 0 Å². The first-order valence-corrected chi connectivity index (χ1v) is 4.73. The Bertz CT molecular complexity index is 500. The van der Waals surface area contributed by atoms with Crippen LogP contribution in [0.3, 0.4) is 0 Å². The van der Waals surface area contributed by atoms with Gasteiger partial charge < -0.3 is 5.11 Å². The van der Waals surface area contributed by atoms with Gasteiger partial charge in [0, 0.05) is 10.5 Å². The fourth-order valence-corrected chi connectivity index (χ4v) is 1.77. The Morgan fingerprint density at radius 3 is 2.29 bits per heavy atom. The lowest BCUT2D eigenvalue weighted by Gasteiger charge is -2.12. The minimum atomic E-state index is -5.00. The highest BCUT2D eigenvalue weighted by atomic mass is 79.9. The third-order valence-electron chi connectivity index (χ3n) is 1.83. The third kappa shape index (κ3) is 2.54. The summed E-state index contributed by atoms with van der Waals surface area (Å²) in [4.78, 5) is 20.0. The zero-order valence-corrected chi connectivity index (χ0v) is 9.37. The van der Waals surface area contributed by atoms with Gasteiger partial charge in [0.05, 0.1) is 10.5 Å². The number of rotatable bonds is 2. The minimum absolute atomic E-state index is 0.562. The Kier molecular flexibility index (Phi) is 3.41. The monoisotopic (exact) mass is 313 g/mol. The van der Waals surface area contributed by atoms with Gasteiger partial charge in [-0.1, -0.05) is 15.9 Å². The third-order valence-corrected chi connectivity index (χ3v) is 2.49. The molecule has 0 atom stereocenters. The molecule has 9 heteroatoms. The molecule has 92 valence electrons. The summed E-state index contributed by atoms with van der Waals surface area (Å²) in [6.07, 6.45) is -5.00. The molecule has 0 aliphatic rings. The number of carboxylic acids is 1. The second kappa shape index (κ2) is 4.32. The summed E-state index contributed by atoms with van der Waals surface area (Å²) in [7, 11) is 0.